The summed E-state index contributed by atoms with van der Waals surface area (Å²) in [7, 11) is 0. The third-order valence-corrected chi connectivity index (χ3v) is 3.90. The average Bonchev–Trinajstić information content (AvgIpc) is 3.14. The van der Waals surface area contributed by atoms with Crippen molar-refractivity contribution < 1.29 is 23.7 Å². The Hall–Kier alpha value is -3.24. The van der Waals surface area contributed by atoms with E-state index in [1.54, 1.807) is 18.2 Å². The first-order valence-corrected chi connectivity index (χ1v) is 8.23. The summed E-state index contributed by atoms with van der Waals surface area (Å²) < 4.78 is 10.6. The molecular weight excluding hydrogens is 356 g/mol. The molecule has 27 heavy (non-hydrogen) atoms. The highest BCUT2D eigenvalue weighted by molar-refractivity contribution is 6.05. The van der Waals surface area contributed by atoms with Crippen molar-refractivity contribution in [2.75, 3.05) is 30.3 Å². The maximum Gasteiger partial charge on any atom is 0.433 e. The van der Waals surface area contributed by atoms with E-state index in [9.17, 15) is 19.7 Å². The lowest BCUT2D eigenvalue weighted by Crippen LogP contribution is -2.33. The number of furan rings is 1. The van der Waals surface area contributed by atoms with Gasteiger partial charge in [-0.3, -0.25) is 19.7 Å². The second-order valence-electron chi connectivity index (χ2n) is 5.90. The normalized spacial score (nSPS) is 16.6. The van der Waals surface area contributed by atoms with E-state index in [1.165, 1.54) is 13.0 Å². The van der Waals surface area contributed by atoms with Crippen molar-refractivity contribution in [1.29, 1.82) is 0 Å². The molecular formula is C17H18N4O6. The van der Waals surface area contributed by atoms with E-state index in [2.05, 4.69) is 16.0 Å². The van der Waals surface area contributed by atoms with Gasteiger partial charge in [0, 0.05) is 20.0 Å². The van der Waals surface area contributed by atoms with Gasteiger partial charge in [0.1, 0.15) is 4.92 Å². The van der Waals surface area contributed by atoms with Crippen molar-refractivity contribution in [3.8, 4) is 0 Å². The fraction of sp³-hybridized carbons (Fsp3) is 0.294. The maximum atomic E-state index is 12.3. The molecule has 0 saturated carbocycles. The minimum atomic E-state index is -0.730. The van der Waals surface area contributed by atoms with E-state index in [4.69, 9.17) is 9.15 Å². The second-order valence-corrected chi connectivity index (χ2v) is 5.90. The molecule has 0 radical (unpaired) electrons. The first-order valence-electron chi connectivity index (χ1n) is 8.23. The minimum absolute atomic E-state index is 0.163. The summed E-state index contributed by atoms with van der Waals surface area (Å²) in [6.45, 7) is 3.35. The number of ether oxygens (including phenoxy) is 1. The highest BCUT2D eigenvalue weighted by Gasteiger charge is 2.20. The number of morpholine rings is 1. The Kier molecular flexibility index (Phi) is 5.48. The van der Waals surface area contributed by atoms with E-state index in [0.717, 1.165) is 18.2 Å². The molecule has 0 bridgehead atoms. The fourth-order valence-corrected chi connectivity index (χ4v) is 2.68. The van der Waals surface area contributed by atoms with Gasteiger partial charge in [0.15, 0.2) is 5.76 Å². The first kappa shape index (κ1) is 18.5. The van der Waals surface area contributed by atoms with Gasteiger partial charge in [-0.05, 0) is 23.8 Å². The van der Waals surface area contributed by atoms with Crippen molar-refractivity contribution in [1.82, 2.24) is 5.32 Å². The molecule has 1 aliphatic heterocycles. The minimum Gasteiger partial charge on any atom is -0.395 e. The van der Waals surface area contributed by atoms with Crippen LogP contribution in [0.1, 0.15) is 29.1 Å². The zero-order valence-electron chi connectivity index (χ0n) is 14.5. The van der Waals surface area contributed by atoms with Crippen LogP contribution in [0.3, 0.4) is 0 Å². The quantitative estimate of drug-likeness (QED) is 0.538. The van der Waals surface area contributed by atoms with E-state index in [1.807, 2.05) is 0 Å². The molecule has 142 valence electrons. The Morgan fingerprint density at radius 1 is 1.22 bits per heavy atom. The molecule has 3 N–H and O–H groups in total. The zero-order valence-corrected chi connectivity index (χ0v) is 14.5. The van der Waals surface area contributed by atoms with E-state index < -0.39 is 16.7 Å². The van der Waals surface area contributed by atoms with Crippen molar-refractivity contribution >= 4 is 29.1 Å². The smallest absolute Gasteiger partial charge is 0.395 e. The van der Waals surface area contributed by atoms with Crippen LogP contribution >= 0.6 is 0 Å². The molecule has 0 spiro atoms. The van der Waals surface area contributed by atoms with Crippen LogP contribution in [0, 0.1) is 10.1 Å². The number of rotatable bonds is 5. The number of carbonyl (C=O) groups is 2. The van der Waals surface area contributed by atoms with Gasteiger partial charge in [-0.15, -0.1) is 0 Å². The van der Waals surface area contributed by atoms with Gasteiger partial charge >= 0.3 is 5.88 Å². The molecule has 1 aliphatic rings. The largest absolute Gasteiger partial charge is 0.433 e. The third-order valence-electron chi connectivity index (χ3n) is 3.90. The topological polar surface area (TPSA) is 136 Å². The molecule has 1 fully saturated rings. The molecule has 2 aromatic rings. The van der Waals surface area contributed by atoms with Crippen LogP contribution in [0.25, 0.3) is 0 Å². The van der Waals surface area contributed by atoms with Gasteiger partial charge in [-0.2, -0.15) is 0 Å². The average molecular weight is 374 g/mol. The highest BCUT2D eigenvalue weighted by Crippen LogP contribution is 2.29. The van der Waals surface area contributed by atoms with Gasteiger partial charge in [0.2, 0.25) is 5.91 Å². The number of nitrogens with zero attached hydrogens (tertiary/aromatic N) is 1. The molecule has 1 aromatic carbocycles. The Bertz CT molecular complexity index is 872. The number of nitrogens with one attached hydrogen (secondary N) is 3. The Morgan fingerprint density at radius 2 is 2.04 bits per heavy atom. The van der Waals surface area contributed by atoms with Crippen molar-refractivity contribution in [2.45, 2.75) is 13.0 Å². The number of hydrogen-bond acceptors (Lipinski definition) is 7. The van der Waals surface area contributed by atoms with Crippen molar-refractivity contribution in [2.24, 2.45) is 0 Å². The third kappa shape index (κ3) is 4.49. The predicted molar refractivity (Wildman–Crippen MR) is 95.6 cm³/mol. The Morgan fingerprint density at radius 3 is 2.67 bits per heavy atom. The van der Waals surface area contributed by atoms with Crippen LogP contribution in [0.4, 0.5) is 17.3 Å². The summed E-state index contributed by atoms with van der Waals surface area (Å²) in [4.78, 5) is 33.8. The summed E-state index contributed by atoms with van der Waals surface area (Å²) in [5.74, 6) is -1.71. The zero-order chi connectivity index (χ0) is 19.4. The number of nitro groups is 1. The number of amides is 2. The summed E-state index contributed by atoms with van der Waals surface area (Å²) in [5, 5.41) is 19.2. The lowest BCUT2D eigenvalue weighted by Gasteiger charge is -2.25. The van der Waals surface area contributed by atoms with Gasteiger partial charge in [0.25, 0.3) is 5.91 Å². The lowest BCUT2D eigenvalue weighted by molar-refractivity contribution is -0.402. The van der Waals surface area contributed by atoms with Crippen molar-refractivity contribution in [3.63, 3.8) is 0 Å². The van der Waals surface area contributed by atoms with Crippen LogP contribution in [0.2, 0.25) is 0 Å². The molecule has 1 saturated heterocycles. The first-order chi connectivity index (χ1) is 12.9. The summed E-state index contributed by atoms with van der Waals surface area (Å²) in [6.07, 6.45) is -0.163. The molecule has 1 aromatic heterocycles. The van der Waals surface area contributed by atoms with E-state index in [0.29, 0.717) is 24.5 Å². The van der Waals surface area contributed by atoms with E-state index >= 15 is 0 Å². The lowest BCUT2D eigenvalue weighted by atomic mass is 10.1. The van der Waals surface area contributed by atoms with Crippen molar-refractivity contribution in [3.05, 3.63) is 51.8 Å². The van der Waals surface area contributed by atoms with Gasteiger partial charge in [-0.25, -0.2) is 0 Å². The summed E-state index contributed by atoms with van der Waals surface area (Å²) in [5.41, 5.74) is 1.57. The molecule has 0 aliphatic carbocycles. The SMILES string of the molecule is CC(=O)Nc1cc(C2CNCCO2)ccc1NC(=O)c1ccc([N+](=O)[O-])o1. The van der Waals surface area contributed by atoms with E-state index in [-0.39, 0.29) is 17.8 Å². The summed E-state index contributed by atoms with van der Waals surface area (Å²) in [6, 6.07) is 7.44. The highest BCUT2D eigenvalue weighted by atomic mass is 16.6. The van der Waals surface area contributed by atoms with Crippen LogP contribution in [0.5, 0.6) is 0 Å². The van der Waals surface area contributed by atoms with Gasteiger partial charge in [0.05, 0.1) is 30.2 Å². The van der Waals surface area contributed by atoms with Crippen LogP contribution in [0.15, 0.2) is 34.7 Å². The molecule has 3 rings (SSSR count). The molecule has 2 heterocycles. The second kappa shape index (κ2) is 7.98. The monoisotopic (exact) mass is 374 g/mol. The van der Waals surface area contributed by atoms with Crippen LogP contribution in [-0.2, 0) is 9.53 Å². The Balaban J connectivity index is 1.83. The van der Waals surface area contributed by atoms with Crippen LogP contribution in [-0.4, -0.2) is 36.4 Å². The number of anilines is 2. The van der Waals surface area contributed by atoms with Gasteiger partial charge < -0.3 is 25.1 Å². The summed E-state index contributed by atoms with van der Waals surface area (Å²) >= 11 is 0. The fourth-order valence-electron chi connectivity index (χ4n) is 2.68. The standard InChI is InChI=1S/C17H18N4O6/c1-10(22)19-13-8-11(15-9-18-6-7-26-15)2-3-12(13)20-17(23)14-4-5-16(27-14)21(24)25/h2-5,8,15,18H,6-7,9H2,1H3,(H,19,22)(H,20,23). The van der Waals surface area contributed by atoms with Gasteiger partial charge in [-0.1, -0.05) is 6.07 Å². The molecule has 10 heteroatoms. The number of carbonyl (C=O) groups excluding carboxylic acids is 2. The van der Waals surface area contributed by atoms with Crippen LogP contribution < -0.4 is 16.0 Å². The predicted octanol–water partition coefficient (Wildman–Crippen LogP) is 2.06. The molecule has 10 nitrogen and oxygen atoms in total. The molecule has 1 atom stereocenters. The Labute approximate surface area is 154 Å². The molecule has 1 unspecified atom stereocenters. The molecule has 2 amide bonds. The number of benzene rings is 1. The maximum absolute atomic E-state index is 12.3. The number of hydrogen-bond donors (Lipinski definition) is 3.